The van der Waals surface area contributed by atoms with Gasteiger partial charge in [-0.05, 0) is 42.9 Å². The smallest absolute Gasteiger partial charge is 0.0101 e. The van der Waals surface area contributed by atoms with Gasteiger partial charge in [0.1, 0.15) is 0 Å². The second-order valence-corrected chi connectivity index (χ2v) is 4.61. The normalized spacial score (nSPS) is 54.3. The Hall–Kier alpha value is -0.0400. The van der Waals surface area contributed by atoms with Gasteiger partial charge in [0.05, 0.1) is 0 Å². The first-order chi connectivity index (χ1) is 4.79. The molecule has 0 aliphatic heterocycles. The monoisotopic (exact) mass is 137 g/mol. The highest BCUT2D eigenvalue weighted by atomic mass is 14.9. The quantitative estimate of drug-likeness (QED) is 0.540. The summed E-state index contributed by atoms with van der Waals surface area (Å²) in [5.41, 5.74) is 7.60. The summed E-state index contributed by atoms with van der Waals surface area (Å²) in [6.07, 6.45) is 8.65. The van der Waals surface area contributed by atoms with Crippen LogP contribution < -0.4 is 5.73 Å². The lowest BCUT2D eigenvalue weighted by molar-refractivity contribution is 0.405. The van der Waals surface area contributed by atoms with Crippen LogP contribution in [0, 0.1) is 10.8 Å². The summed E-state index contributed by atoms with van der Waals surface area (Å²) < 4.78 is 0. The molecule has 2 spiro atoms. The summed E-state index contributed by atoms with van der Waals surface area (Å²) >= 11 is 0. The fraction of sp³-hybridized carbons (Fsp3) is 1.00. The summed E-state index contributed by atoms with van der Waals surface area (Å²) in [4.78, 5) is 0. The first kappa shape index (κ1) is 5.59. The van der Waals surface area contributed by atoms with Gasteiger partial charge in [0.25, 0.3) is 0 Å². The maximum absolute atomic E-state index is 6.09. The van der Waals surface area contributed by atoms with Gasteiger partial charge in [-0.3, -0.25) is 0 Å². The Balaban J connectivity index is 1.92. The van der Waals surface area contributed by atoms with Gasteiger partial charge in [0.15, 0.2) is 0 Å². The van der Waals surface area contributed by atoms with E-state index >= 15 is 0 Å². The Bertz CT molecular complexity index is 179. The molecule has 0 saturated heterocycles. The van der Waals surface area contributed by atoms with Gasteiger partial charge in [-0.2, -0.15) is 0 Å². The molecule has 10 heavy (non-hydrogen) atoms. The average molecular weight is 137 g/mol. The molecule has 0 aromatic heterocycles. The van der Waals surface area contributed by atoms with E-state index in [1.165, 1.54) is 38.5 Å². The minimum Gasteiger partial charge on any atom is -0.327 e. The SMILES string of the molecule is NC1CCCC12CC21CC1. The zero-order chi connectivity index (χ0) is 6.82. The van der Waals surface area contributed by atoms with Crippen molar-refractivity contribution in [1.82, 2.24) is 0 Å². The number of nitrogens with two attached hydrogens (primary N) is 1. The van der Waals surface area contributed by atoms with Crippen molar-refractivity contribution in [3.05, 3.63) is 0 Å². The Morgan fingerprint density at radius 3 is 2.40 bits per heavy atom. The van der Waals surface area contributed by atoms with Crippen molar-refractivity contribution in [2.45, 2.75) is 44.6 Å². The highest BCUT2D eigenvalue weighted by Gasteiger charge is 2.76. The molecule has 3 aliphatic carbocycles. The first-order valence-electron chi connectivity index (χ1n) is 4.55. The van der Waals surface area contributed by atoms with Crippen molar-refractivity contribution >= 4 is 0 Å². The van der Waals surface area contributed by atoms with E-state index < -0.39 is 0 Å². The molecule has 3 rings (SSSR count). The molecule has 0 bridgehead atoms. The lowest BCUT2D eigenvalue weighted by Gasteiger charge is -2.14. The maximum Gasteiger partial charge on any atom is 0.0101 e. The van der Waals surface area contributed by atoms with Crippen LogP contribution >= 0.6 is 0 Å². The van der Waals surface area contributed by atoms with Gasteiger partial charge in [0, 0.05) is 6.04 Å². The highest BCUT2D eigenvalue weighted by Crippen LogP contribution is 2.82. The second kappa shape index (κ2) is 1.29. The molecule has 1 nitrogen and oxygen atoms in total. The summed E-state index contributed by atoms with van der Waals surface area (Å²) in [6.45, 7) is 0. The second-order valence-electron chi connectivity index (χ2n) is 4.61. The third-order valence-corrected chi connectivity index (χ3v) is 4.29. The van der Waals surface area contributed by atoms with E-state index in [1.807, 2.05) is 0 Å². The lowest BCUT2D eigenvalue weighted by atomic mass is 9.97. The zero-order valence-corrected chi connectivity index (χ0v) is 6.40. The number of rotatable bonds is 0. The predicted octanol–water partition coefficient (Wildman–Crippen LogP) is 1.67. The van der Waals surface area contributed by atoms with Crippen molar-refractivity contribution in [2.24, 2.45) is 16.6 Å². The van der Waals surface area contributed by atoms with Crippen LogP contribution in [-0.2, 0) is 0 Å². The van der Waals surface area contributed by atoms with Crippen LogP contribution in [0.1, 0.15) is 38.5 Å². The molecule has 3 fully saturated rings. The van der Waals surface area contributed by atoms with Gasteiger partial charge in [-0.15, -0.1) is 0 Å². The average Bonchev–Trinajstić information content (AvgIpc) is 2.74. The third kappa shape index (κ3) is 0.402. The molecule has 0 heterocycles. The van der Waals surface area contributed by atoms with E-state index in [0.717, 1.165) is 5.41 Å². The third-order valence-electron chi connectivity index (χ3n) is 4.29. The maximum atomic E-state index is 6.09. The minimum atomic E-state index is 0.579. The summed E-state index contributed by atoms with van der Waals surface area (Å²) in [5, 5.41) is 0. The van der Waals surface area contributed by atoms with Crippen molar-refractivity contribution in [3.8, 4) is 0 Å². The molecular weight excluding hydrogens is 122 g/mol. The van der Waals surface area contributed by atoms with Crippen molar-refractivity contribution in [3.63, 3.8) is 0 Å². The molecular formula is C9H15N. The molecule has 0 aromatic carbocycles. The Kier molecular flexibility index (Phi) is 0.722. The van der Waals surface area contributed by atoms with Crippen LogP contribution in [0.3, 0.4) is 0 Å². The summed E-state index contributed by atoms with van der Waals surface area (Å²) in [6, 6.07) is 0.579. The molecule has 2 atom stereocenters. The lowest BCUT2D eigenvalue weighted by Crippen LogP contribution is -2.27. The topological polar surface area (TPSA) is 26.0 Å². The van der Waals surface area contributed by atoms with Gasteiger partial charge in [-0.1, -0.05) is 6.42 Å². The van der Waals surface area contributed by atoms with E-state index in [2.05, 4.69) is 0 Å². The molecule has 1 heteroatoms. The molecule has 0 aromatic rings. The van der Waals surface area contributed by atoms with Gasteiger partial charge in [0.2, 0.25) is 0 Å². The number of hydrogen-bond donors (Lipinski definition) is 1. The summed E-state index contributed by atoms with van der Waals surface area (Å²) in [7, 11) is 0. The van der Waals surface area contributed by atoms with Crippen molar-refractivity contribution < 1.29 is 0 Å². The van der Waals surface area contributed by atoms with E-state index in [4.69, 9.17) is 5.73 Å². The van der Waals surface area contributed by atoms with Crippen LogP contribution in [0.2, 0.25) is 0 Å². The molecule has 56 valence electrons. The van der Waals surface area contributed by atoms with Crippen LogP contribution in [-0.4, -0.2) is 6.04 Å². The van der Waals surface area contributed by atoms with Crippen LogP contribution in [0.25, 0.3) is 0 Å². The van der Waals surface area contributed by atoms with Gasteiger partial charge in [-0.25, -0.2) is 0 Å². The molecule has 2 N–H and O–H groups in total. The van der Waals surface area contributed by atoms with Crippen LogP contribution in [0.4, 0.5) is 0 Å². The molecule has 0 radical (unpaired) electrons. The minimum absolute atomic E-state index is 0.579. The van der Waals surface area contributed by atoms with Gasteiger partial charge >= 0.3 is 0 Å². The van der Waals surface area contributed by atoms with Crippen molar-refractivity contribution in [1.29, 1.82) is 0 Å². The predicted molar refractivity (Wildman–Crippen MR) is 40.5 cm³/mol. The molecule has 2 unspecified atom stereocenters. The van der Waals surface area contributed by atoms with Crippen LogP contribution in [0.15, 0.2) is 0 Å². The Morgan fingerprint density at radius 1 is 1.20 bits per heavy atom. The number of hydrogen-bond acceptors (Lipinski definition) is 1. The summed E-state index contributed by atoms with van der Waals surface area (Å²) in [5.74, 6) is 0. The molecule has 3 aliphatic rings. The highest BCUT2D eigenvalue weighted by molar-refractivity contribution is 5.27. The van der Waals surface area contributed by atoms with E-state index in [0.29, 0.717) is 11.5 Å². The van der Waals surface area contributed by atoms with E-state index in [9.17, 15) is 0 Å². The standard InChI is InChI=1S/C9H15N/c10-7-2-1-3-9(7)6-8(9)4-5-8/h7H,1-6,10H2. The Morgan fingerprint density at radius 2 is 2.00 bits per heavy atom. The first-order valence-corrected chi connectivity index (χ1v) is 4.55. The fourth-order valence-electron chi connectivity index (χ4n) is 3.36. The number of fused-ring (bicyclic) bond motifs is 1. The Labute approximate surface area is 62.0 Å². The zero-order valence-electron chi connectivity index (χ0n) is 6.40. The van der Waals surface area contributed by atoms with Crippen molar-refractivity contribution in [2.75, 3.05) is 0 Å². The molecule has 3 saturated carbocycles. The largest absolute Gasteiger partial charge is 0.327 e. The van der Waals surface area contributed by atoms with Crippen LogP contribution in [0.5, 0.6) is 0 Å². The van der Waals surface area contributed by atoms with Gasteiger partial charge < -0.3 is 5.73 Å². The fourth-order valence-corrected chi connectivity index (χ4v) is 3.36. The van der Waals surface area contributed by atoms with E-state index in [-0.39, 0.29) is 0 Å². The molecule has 0 amide bonds. The van der Waals surface area contributed by atoms with E-state index in [1.54, 1.807) is 0 Å².